The first kappa shape index (κ1) is 15.8. The van der Waals surface area contributed by atoms with Gasteiger partial charge in [0, 0.05) is 19.8 Å². The van der Waals surface area contributed by atoms with E-state index in [1.807, 2.05) is 7.05 Å². The Morgan fingerprint density at radius 2 is 1.81 bits per heavy atom. The van der Waals surface area contributed by atoms with Gasteiger partial charge < -0.3 is 15.2 Å². The Balaban J connectivity index is 2.98. The van der Waals surface area contributed by atoms with Crippen LogP contribution in [0.5, 0.6) is 0 Å². The molecule has 1 radical (unpaired) electrons. The maximum Gasteiger partial charge on any atom is 0.0822 e. The lowest BCUT2D eigenvalue weighted by atomic mass is 10.2. The summed E-state index contributed by atoms with van der Waals surface area (Å²) in [7, 11) is 1.83. The van der Waals surface area contributed by atoms with Crippen LogP contribution in [0.1, 0.15) is 38.5 Å². The summed E-state index contributed by atoms with van der Waals surface area (Å²) < 4.78 is 5.43. The quantitative estimate of drug-likeness (QED) is 0.499. The van der Waals surface area contributed by atoms with Crippen LogP contribution >= 0.6 is 0 Å². The van der Waals surface area contributed by atoms with Crippen LogP contribution in [0.2, 0.25) is 0 Å². The summed E-state index contributed by atoms with van der Waals surface area (Å²) >= 11 is 0. The van der Waals surface area contributed by atoms with Gasteiger partial charge in [0.05, 0.1) is 12.7 Å². The monoisotopic (exact) mass is 232 g/mol. The summed E-state index contributed by atoms with van der Waals surface area (Å²) in [6.45, 7) is 2.20. The average molecular weight is 232 g/mol. The Hall–Kier alpha value is -0.160. The Morgan fingerprint density at radius 3 is 2.50 bits per heavy atom. The molecule has 16 heavy (non-hydrogen) atoms. The van der Waals surface area contributed by atoms with Crippen molar-refractivity contribution in [1.82, 2.24) is 5.32 Å². The molecule has 0 saturated heterocycles. The molecule has 0 heterocycles. The van der Waals surface area contributed by atoms with Gasteiger partial charge in [0.2, 0.25) is 0 Å². The van der Waals surface area contributed by atoms with Crippen molar-refractivity contribution >= 4 is 0 Å². The fourth-order valence-electron chi connectivity index (χ4n) is 1.52. The van der Waals surface area contributed by atoms with E-state index in [1.165, 1.54) is 0 Å². The fraction of sp³-hybridized carbons (Fsp3) is 1.00. The molecule has 1 atom stereocenters. The Morgan fingerprint density at radius 1 is 1.12 bits per heavy atom. The highest BCUT2D eigenvalue weighted by Gasteiger charge is 2.01. The van der Waals surface area contributed by atoms with E-state index in [4.69, 9.17) is 4.74 Å². The summed E-state index contributed by atoms with van der Waals surface area (Å²) in [5.41, 5.74) is 0. The van der Waals surface area contributed by atoms with E-state index >= 15 is 0 Å². The molecule has 4 nitrogen and oxygen atoms in total. The summed E-state index contributed by atoms with van der Waals surface area (Å²) in [5, 5.41) is 22.5. The van der Waals surface area contributed by atoms with Gasteiger partial charge in [-0.2, -0.15) is 0 Å². The van der Waals surface area contributed by atoms with Crippen LogP contribution < -0.4 is 5.32 Å². The summed E-state index contributed by atoms with van der Waals surface area (Å²) in [4.78, 5) is 0. The molecule has 0 amide bonds. The van der Waals surface area contributed by atoms with Crippen LogP contribution in [-0.4, -0.2) is 44.6 Å². The van der Waals surface area contributed by atoms with Crippen molar-refractivity contribution in [3.8, 4) is 0 Å². The second-order valence-corrected chi connectivity index (χ2v) is 4.08. The third kappa shape index (κ3) is 11.9. The highest BCUT2D eigenvalue weighted by atomic mass is 16.5. The van der Waals surface area contributed by atoms with Gasteiger partial charge in [0.1, 0.15) is 0 Å². The molecular weight excluding hydrogens is 206 g/mol. The van der Waals surface area contributed by atoms with Gasteiger partial charge in [-0.15, -0.1) is 0 Å². The van der Waals surface area contributed by atoms with Crippen molar-refractivity contribution < 1.29 is 14.9 Å². The van der Waals surface area contributed by atoms with E-state index in [0.717, 1.165) is 51.7 Å². The molecule has 0 aliphatic rings. The third-order valence-electron chi connectivity index (χ3n) is 2.45. The number of hydrogen-bond donors (Lipinski definition) is 2. The summed E-state index contributed by atoms with van der Waals surface area (Å²) in [6, 6.07) is 0. The van der Waals surface area contributed by atoms with Gasteiger partial charge >= 0.3 is 0 Å². The lowest BCUT2D eigenvalue weighted by Gasteiger charge is -2.09. The fourth-order valence-corrected chi connectivity index (χ4v) is 1.52. The Bertz CT molecular complexity index is 133. The molecule has 0 aliphatic carbocycles. The van der Waals surface area contributed by atoms with Crippen molar-refractivity contribution in [3.05, 3.63) is 0 Å². The number of nitrogens with one attached hydrogen (secondary N) is 1. The molecule has 0 aromatic heterocycles. The smallest absolute Gasteiger partial charge is 0.0822 e. The zero-order valence-corrected chi connectivity index (χ0v) is 10.4. The number of aliphatic hydroxyl groups is 1. The zero-order valence-electron chi connectivity index (χ0n) is 10.4. The van der Waals surface area contributed by atoms with Crippen molar-refractivity contribution in [2.24, 2.45) is 0 Å². The second-order valence-electron chi connectivity index (χ2n) is 4.08. The Kier molecular flexibility index (Phi) is 12.8. The maximum absolute atomic E-state index is 10.2. The largest absolute Gasteiger partial charge is 0.392 e. The van der Waals surface area contributed by atoms with E-state index in [-0.39, 0.29) is 12.7 Å². The number of ether oxygens (including phenoxy) is 1. The molecule has 0 rings (SSSR count). The molecule has 0 fully saturated rings. The number of rotatable bonds is 12. The Labute approximate surface area is 99.0 Å². The molecule has 0 saturated carbocycles. The molecule has 4 heteroatoms. The van der Waals surface area contributed by atoms with Crippen LogP contribution in [0.4, 0.5) is 0 Å². The summed E-state index contributed by atoms with van der Waals surface area (Å²) in [6.07, 6.45) is 5.37. The van der Waals surface area contributed by atoms with E-state index in [9.17, 15) is 10.2 Å². The topological polar surface area (TPSA) is 61.4 Å². The van der Waals surface area contributed by atoms with Gasteiger partial charge in [-0.3, -0.25) is 0 Å². The molecule has 0 bridgehead atoms. The highest BCUT2D eigenvalue weighted by molar-refractivity contribution is 4.56. The van der Waals surface area contributed by atoms with Crippen molar-refractivity contribution in [2.45, 2.75) is 44.6 Å². The molecule has 97 valence electrons. The number of unbranched alkanes of at least 4 members (excludes halogenated alkanes) is 3. The van der Waals surface area contributed by atoms with Gasteiger partial charge in [-0.05, 0) is 32.7 Å². The maximum atomic E-state index is 10.2. The normalized spacial score (nSPS) is 12.9. The molecule has 2 N–H and O–H groups in total. The minimum Gasteiger partial charge on any atom is -0.392 e. The van der Waals surface area contributed by atoms with Crippen LogP contribution in [0.25, 0.3) is 0 Å². The first-order valence-corrected chi connectivity index (χ1v) is 6.29. The van der Waals surface area contributed by atoms with E-state index in [0.29, 0.717) is 6.54 Å². The molecule has 0 aromatic rings. The first-order chi connectivity index (χ1) is 7.81. The standard InChI is InChI=1S/C12H26NO3/c1-13-11-12(15)7-6-10-16-9-5-3-2-4-8-14/h12-13,15H,2-11H2,1H3. The van der Waals surface area contributed by atoms with Crippen molar-refractivity contribution in [2.75, 3.05) is 33.4 Å². The van der Waals surface area contributed by atoms with Crippen LogP contribution in [0.15, 0.2) is 0 Å². The molecule has 0 aliphatic heterocycles. The third-order valence-corrected chi connectivity index (χ3v) is 2.45. The van der Waals surface area contributed by atoms with Crippen molar-refractivity contribution in [3.63, 3.8) is 0 Å². The lowest BCUT2D eigenvalue weighted by molar-refractivity contribution is 0.104. The molecule has 0 aromatic carbocycles. The van der Waals surface area contributed by atoms with E-state index in [1.54, 1.807) is 0 Å². The van der Waals surface area contributed by atoms with Gasteiger partial charge in [-0.1, -0.05) is 12.8 Å². The van der Waals surface area contributed by atoms with Crippen LogP contribution in [0.3, 0.4) is 0 Å². The van der Waals surface area contributed by atoms with Crippen LogP contribution in [-0.2, 0) is 9.84 Å². The van der Waals surface area contributed by atoms with E-state index in [2.05, 4.69) is 5.32 Å². The number of aliphatic hydroxyl groups excluding tert-OH is 1. The number of likely N-dealkylation sites (N-methyl/N-ethyl adjacent to an activating group) is 1. The summed E-state index contributed by atoms with van der Waals surface area (Å²) in [5.74, 6) is 0. The SMILES string of the molecule is CNCC(O)CCCOCCCCCC[O]. The van der Waals surface area contributed by atoms with Gasteiger partial charge in [0.15, 0.2) is 0 Å². The minimum absolute atomic E-state index is 0.0458. The lowest BCUT2D eigenvalue weighted by Crippen LogP contribution is -2.23. The predicted molar refractivity (Wildman–Crippen MR) is 64.0 cm³/mol. The molecule has 0 spiro atoms. The first-order valence-electron chi connectivity index (χ1n) is 6.29. The van der Waals surface area contributed by atoms with Crippen molar-refractivity contribution in [1.29, 1.82) is 0 Å². The zero-order chi connectivity index (χ0) is 12.1. The molecule has 1 unspecified atom stereocenters. The minimum atomic E-state index is -0.259. The van der Waals surface area contributed by atoms with Gasteiger partial charge in [0.25, 0.3) is 0 Å². The van der Waals surface area contributed by atoms with Crippen LogP contribution in [0, 0.1) is 0 Å². The van der Waals surface area contributed by atoms with Gasteiger partial charge in [-0.25, -0.2) is 5.11 Å². The van der Waals surface area contributed by atoms with E-state index < -0.39 is 0 Å². The second kappa shape index (κ2) is 12.9. The predicted octanol–water partition coefficient (Wildman–Crippen LogP) is 1.35. The average Bonchev–Trinajstić information content (AvgIpc) is 2.27. The molecular formula is C12H26NO3. The number of hydrogen-bond acceptors (Lipinski definition) is 3. The highest BCUT2D eigenvalue weighted by Crippen LogP contribution is 2.01.